The predicted octanol–water partition coefficient (Wildman–Crippen LogP) is 4.96. The minimum Gasteiger partial charge on any atom is -0.494 e. The average molecular weight is 588 g/mol. The molecule has 43 heavy (non-hydrogen) atoms. The first-order chi connectivity index (χ1) is 20.7. The zero-order valence-corrected chi connectivity index (χ0v) is 25.8. The van der Waals surface area contributed by atoms with Crippen LogP contribution in [0.15, 0.2) is 66.7 Å². The molecule has 1 heterocycles. The van der Waals surface area contributed by atoms with E-state index >= 15 is 0 Å². The number of para-hydroxylation sites is 1. The third-order valence-electron chi connectivity index (χ3n) is 7.53. The van der Waals surface area contributed by atoms with Crippen LogP contribution in [-0.4, -0.2) is 64.6 Å². The van der Waals surface area contributed by atoms with E-state index in [-0.39, 0.29) is 24.9 Å². The molecule has 0 radical (unpaired) electrons. The van der Waals surface area contributed by atoms with E-state index in [0.717, 1.165) is 17.5 Å². The van der Waals surface area contributed by atoms with Crippen molar-refractivity contribution in [2.45, 2.75) is 58.7 Å². The molecule has 0 aliphatic rings. The van der Waals surface area contributed by atoms with Gasteiger partial charge in [0.1, 0.15) is 23.9 Å². The Balaban J connectivity index is 1.74. The summed E-state index contributed by atoms with van der Waals surface area (Å²) in [6.07, 6.45) is 1.20. The van der Waals surface area contributed by atoms with Crippen molar-refractivity contribution in [3.63, 3.8) is 0 Å². The second-order valence-corrected chi connectivity index (χ2v) is 10.9. The van der Waals surface area contributed by atoms with Gasteiger partial charge in [-0.1, -0.05) is 42.5 Å². The molecule has 2 amide bonds. The summed E-state index contributed by atoms with van der Waals surface area (Å²) in [6, 6.07) is 19.6. The zero-order chi connectivity index (χ0) is 31.0. The highest BCUT2D eigenvalue weighted by Gasteiger charge is 2.34. The second kappa shape index (κ2) is 14.0. The summed E-state index contributed by atoms with van der Waals surface area (Å²) < 4.78 is 18.1. The van der Waals surface area contributed by atoms with Crippen LogP contribution in [0.25, 0.3) is 11.0 Å². The maximum absolute atomic E-state index is 14.2. The number of amides is 2. The van der Waals surface area contributed by atoms with Crippen molar-refractivity contribution in [1.82, 2.24) is 25.2 Å². The maximum Gasteiger partial charge on any atom is 0.247 e. The lowest BCUT2D eigenvalue weighted by atomic mass is 9.98. The largest absolute Gasteiger partial charge is 0.494 e. The molecule has 0 bridgehead atoms. The fourth-order valence-electron chi connectivity index (χ4n) is 4.81. The van der Waals surface area contributed by atoms with Gasteiger partial charge >= 0.3 is 0 Å². The number of hydrogen-bond donors (Lipinski definition) is 1. The van der Waals surface area contributed by atoms with Gasteiger partial charge in [0, 0.05) is 12.1 Å². The first-order valence-corrected chi connectivity index (χ1v) is 14.5. The summed E-state index contributed by atoms with van der Waals surface area (Å²) in [7, 11) is 3.17. The number of nitrogens with one attached hydrogen (secondary N) is 1. The van der Waals surface area contributed by atoms with Gasteiger partial charge in [-0.15, -0.1) is 5.10 Å². The lowest BCUT2D eigenvalue weighted by Crippen LogP contribution is -2.51. The molecular weight excluding hydrogens is 546 g/mol. The van der Waals surface area contributed by atoms with E-state index in [1.54, 1.807) is 23.8 Å². The van der Waals surface area contributed by atoms with Crippen molar-refractivity contribution in [3.8, 4) is 17.2 Å². The van der Waals surface area contributed by atoms with Crippen LogP contribution in [0.4, 0.5) is 0 Å². The molecule has 0 saturated heterocycles. The molecule has 0 fully saturated rings. The first-order valence-electron chi connectivity index (χ1n) is 14.5. The van der Waals surface area contributed by atoms with Gasteiger partial charge < -0.3 is 24.4 Å². The minimum absolute atomic E-state index is 0.0789. The van der Waals surface area contributed by atoms with Crippen LogP contribution in [0.1, 0.15) is 51.3 Å². The van der Waals surface area contributed by atoms with Crippen LogP contribution in [0.2, 0.25) is 0 Å². The highest BCUT2D eigenvalue weighted by atomic mass is 16.5. The number of benzene rings is 3. The Labute approximate surface area is 252 Å². The summed E-state index contributed by atoms with van der Waals surface area (Å²) >= 11 is 0. The van der Waals surface area contributed by atoms with E-state index in [2.05, 4.69) is 15.6 Å². The monoisotopic (exact) mass is 587 g/mol. The van der Waals surface area contributed by atoms with Gasteiger partial charge in [0.05, 0.1) is 26.3 Å². The fourth-order valence-corrected chi connectivity index (χ4v) is 4.81. The summed E-state index contributed by atoms with van der Waals surface area (Å²) in [5.74, 6) is 1.37. The molecule has 0 saturated carbocycles. The SMILES string of the molecule is CCOc1ccc([C@H](C(=O)NC(C)(C)CC)N(CCc2ccc(OC)c(OC)c2)C(=O)Cn2nnc3ccccc32)cc1. The molecule has 0 spiro atoms. The van der Waals surface area contributed by atoms with E-state index < -0.39 is 11.6 Å². The molecule has 0 aliphatic carbocycles. The fraction of sp³-hybridized carbons (Fsp3) is 0.394. The molecule has 4 aromatic rings. The van der Waals surface area contributed by atoms with Crippen molar-refractivity contribution in [1.29, 1.82) is 0 Å². The number of fused-ring (bicyclic) bond motifs is 1. The Hall–Kier alpha value is -4.60. The Kier molecular flexibility index (Phi) is 10.2. The molecule has 0 aliphatic heterocycles. The smallest absolute Gasteiger partial charge is 0.247 e. The number of rotatable bonds is 14. The van der Waals surface area contributed by atoms with Gasteiger partial charge in [0.2, 0.25) is 11.8 Å². The number of carbonyl (C=O) groups is 2. The molecule has 1 atom stereocenters. The Bertz CT molecular complexity index is 1530. The Morgan fingerprint density at radius 2 is 1.70 bits per heavy atom. The second-order valence-electron chi connectivity index (χ2n) is 10.9. The lowest BCUT2D eigenvalue weighted by Gasteiger charge is -2.34. The van der Waals surface area contributed by atoms with Gasteiger partial charge in [0.25, 0.3) is 0 Å². The highest BCUT2D eigenvalue weighted by molar-refractivity contribution is 5.89. The molecule has 228 valence electrons. The molecule has 1 N–H and O–H groups in total. The third kappa shape index (κ3) is 7.63. The van der Waals surface area contributed by atoms with Crippen molar-refractivity contribution in [3.05, 3.63) is 77.9 Å². The maximum atomic E-state index is 14.2. The van der Waals surface area contributed by atoms with Gasteiger partial charge in [-0.3, -0.25) is 9.59 Å². The summed E-state index contributed by atoms with van der Waals surface area (Å²) in [6.45, 7) is 8.58. The predicted molar refractivity (Wildman–Crippen MR) is 165 cm³/mol. The van der Waals surface area contributed by atoms with E-state index in [4.69, 9.17) is 14.2 Å². The number of ether oxygens (including phenoxy) is 3. The summed E-state index contributed by atoms with van der Waals surface area (Å²) in [4.78, 5) is 29.9. The van der Waals surface area contributed by atoms with Gasteiger partial charge in [-0.25, -0.2) is 4.68 Å². The van der Waals surface area contributed by atoms with Crippen molar-refractivity contribution < 1.29 is 23.8 Å². The molecule has 1 aromatic heterocycles. The number of nitrogens with zero attached hydrogens (tertiary/aromatic N) is 4. The number of aromatic nitrogens is 3. The Morgan fingerprint density at radius 1 is 0.977 bits per heavy atom. The van der Waals surface area contributed by atoms with E-state index in [1.165, 1.54) is 0 Å². The lowest BCUT2D eigenvalue weighted by molar-refractivity contribution is -0.142. The van der Waals surface area contributed by atoms with Gasteiger partial charge in [-0.2, -0.15) is 0 Å². The van der Waals surface area contributed by atoms with E-state index in [1.807, 2.05) is 94.4 Å². The zero-order valence-electron chi connectivity index (χ0n) is 25.8. The third-order valence-corrected chi connectivity index (χ3v) is 7.53. The summed E-state index contributed by atoms with van der Waals surface area (Å²) in [5.41, 5.74) is 2.57. The first kappa shape index (κ1) is 31.3. The van der Waals surface area contributed by atoms with Crippen LogP contribution in [0.5, 0.6) is 17.2 Å². The van der Waals surface area contributed by atoms with Crippen LogP contribution < -0.4 is 19.5 Å². The normalized spacial score (nSPS) is 12.0. The van der Waals surface area contributed by atoms with Gasteiger partial charge in [0.15, 0.2) is 11.5 Å². The molecule has 0 unspecified atom stereocenters. The number of carbonyl (C=O) groups excluding carboxylic acids is 2. The van der Waals surface area contributed by atoms with E-state index in [9.17, 15) is 9.59 Å². The molecule has 10 heteroatoms. The Morgan fingerprint density at radius 3 is 2.37 bits per heavy atom. The minimum atomic E-state index is -0.899. The topological polar surface area (TPSA) is 108 Å². The van der Waals surface area contributed by atoms with Crippen LogP contribution >= 0.6 is 0 Å². The molecular formula is C33H41N5O5. The average Bonchev–Trinajstić information content (AvgIpc) is 3.42. The highest BCUT2D eigenvalue weighted by Crippen LogP contribution is 2.30. The van der Waals surface area contributed by atoms with Crippen LogP contribution in [-0.2, 0) is 22.6 Å². The van der Waals surface area contributed by atoms with Crippen LogP contribution in [0.3, 0.4) is 0 Å². The number of methoxy groups -OCH3 is 2. The van der Waals surface area contributed by atoms with Crippen LogP contribution in [0, 0.1) is 0 Å². The molecule has 4 rings (SSSR count). The van der Waals surface area contributed by atoms with Crippen molar-refractivity contribution in [2.75, 3.05) is 27.4 Å². The standard InChI is InChI=1S/C33H41N5O5/c1-7-33(3,4)34-32(40)31(24-14-16-25(17-15-24)43-8-2)37(20-19-23-13-18-28(41-5)29(21-23)42-6)30(39)22-38-27-12-10-9-11-26(27)35-36-38/h9-18,21,31H,7-8,19-20,22H2,1-6H3,(H,34,40)/t31-/m1/s1. The number of hydrogen-bond acceptors (Lipinski definition) is 7. The van der Waals surface area contributed by atoms with Gasteiger partial charge in [-0.05, 0) is 81.1 Å². The van der Waals surface area contributed by atoms with E-state index in [0.29, 0.717) is 41.4 Å². The quantitative estimate of drug-likeness (QED) is 0.222. The molecule has 3 aromatic carbocycles. The van der Waals surface area contributed by atoms with Crippen molar-refractivity contribution in [2.24, 2.45) is 0 Å². The molecule has 10 nitrogen and oxygen atoms in total. The summed E-state index contributed by atoms with van der Waals surface area (Å²) in [5, 5.41) is 11.6. The van der Waals surface area contributed by atoms with Crippen molar-refractivity contribution >= 4 is 22.8 Å².